The topological polar surface area (TPSA) is 49.8 Å². The van der Waals surface area contributed by atoms with Gasteiger partial charge in [-0.15, -0.1) is 0 Å². The number of rotatable bonds is 4. The van der Waals surface area contributed by atoms with E-state index < -0.39 is 5.60 Å². The van der Waals surface area contributed by atoms with Crippen LogP contribution in [-0.4, -0.2) is 43.5 Å². The molecule has 1 fully saturated rings. The van der Waals surface area contributed by atoms with E-state index in [1.165, 1.54) is 0 Å². The summed E-state index contributed by atoms with van der Waals surface area (Å²) in [6, 6.07) is 12.0. The van der Waals surface area contributed by atoms with Crippen molar-refractivity contribution >= 4 is 16.6 Å². The molecule has 0 spiro atoms. The molecule has 1 aliphatic rings. The molecular formula is C20H25NO3. The van der Waals surface area contributed by atoms with Crippen LogP contribution >= 0.6 is 0 Å². The first-order chi connectivity index (χ1) is 11.4. The van der Waals surface area contributed by atoms with E-state index in [-0.39, 0.29) is 11.7 Å². The predicted octanol–water partition coefficient (Wildman–Crippen LogP) is 2.97. The highest BCUT2D eigenvalue weighted by Crippen LogP contribution is 2.41. The van der Waals surface area contributed by atoms with Gasteiger partial charge in [0, 0.05) is 25.3 Å². The van der Waals surface area contributed by atoms with Crippen LogP contribution in [-0.2, 0) is 10.4 Å². The Labute approximate surface area is 143 Å². The summed E-state index contributed by atoms with van der Waals surface area (Å²) in [7, 11) is 5.61. The van der Waals surface area contributed by atoms with E-state index in [9.17, 15) is 9.90 Å². The van der Waals surface area contributed by atoms with Crippen molar-refractivity contribution in [2.75, 3.05) is 27.7 Å². The van der Waals surface area contributed by atoms with Gasteiger partial charge in [-0.1, -0.05) is 18.2 Å². The van der Waals surface area contributed by atoms with Crippen LogP contribution in [0.2, 0.25) is 0 Å². The normalized spacial score (nSPS) is 24.5. The smallest absolute Gasteiger partial charge is 0.133 e. The maximum Gasteiger partial charge on any atom is 0.133 e. The lowest BCUT2D eigenvalue weighted by Gasteiger charge is -2.41. The van der Waals surface area contributed by atoms with Gasteiger partial charge in [-0.25, -0.2) is 0 Å². The molecule has 1 saturated carbocycles. The van der Waals surface area contributed by atoms with Crippen LogP contribution in [0, 0.1) is 5.92 Å². The molecule has 128 valence electrons. The number of aliphatic hydroxyl groups is 1. The molecule has 1 N–H and O–H groups in total. The first-order valence-electron chi connectivity index (χ1n) is 8.39. The number of fused-ring (bicyclic) bond motifs is 1. The molecule has 3 rings (SSSR count). The largest absolute Gasteiger partial charge is 0.497 e. The standard InChI is InChI=1S/C20H25NO3/c1-21(2)13-17-12-18(22)8-9-20(17,23)16-6-4-15-11-19(24-3)7-5-14(15)10-16/h4-7,10-11,17,23H,8-9,12-13H2,1-3H3. The molecule has 2 aromatic carbocycles. The SMILES string of the molecule is COc1ccc2cc(C3(O)CCC(=O)CC3CN(C)C)ccc2c1. The van der Waals surface area contributed by atoms with Gasteiger partial charge in [0.05, 0.1) is 12.7 Å². The number of carbonyl (C=O) groups excluding carboxylic acids is 1. The molecule has 0 saturated heterocycles. The number of ether oxygens (including phenoxy) is 1. The molecular weight excluding hydrogens is 302 g/mol. The van der Waals surface area contributed by atoms with E-state index in [1.807, 2.05) is 55.4 Å². The fraction of sp³-hybridized carbons (Fsp3) is 0.450. The van der Waals surface area contributed by atoms with Crippen LogP contribution in [0.4, 0.5) is 0 Å². The summed E-state index contributed by atoms with van der Waals surface area (Å²) in [4.78, 5) is 14.0. The second kappa shape index (κ2) is 6.54. The zero-order valence-electron chi connectivity index (χ0n) is 14.6. The summed E-state index contributed by atoms with van der Waals surface area (Å²) in [6.45, 7) is 0.697. The summed E-state index contributed by atoms with van der Waals surface area (Å²) in [5.74, 6) is 0.990. The molecule has 0 aliphatic heterocycles. The number of benzene rings is 2. The zero-order chi connectivity index (χ0) is 17.3. The molecule has 24 heavy (non-hydrogen) atoms. The van der Waals surface area contributed by atoms with E-state index in [4.69, 9.17) is 4.74 Å². The van der Waals surface area contributed by atoms with E-state index in [0.29, 0.717) is 25.8 Å². The molecule has 2 atom stereocenters. The van der Waals surface area contributed by atoms with Gasteiger partial charge in [-0.05, 0) is 55.1 Å². The minimum absolute atomic E-state index is 0.0792. The number of methoxy groups -OCH3 is 1. The van der Waals surface area contributed by atoms with Crippen molar-refractivity contribution in [3.05, 3.63) is 42.0 Å². The summed E-state index contributed by atoms with van der Waals surface area (Å²) in [5, 5.41) is 13.6. The molecule has 0 aromatic heterocycles. The third-order valence-corrected chi connectivity index (χ3v) is 5.07. The maximum absolute atomic E-state index is 11.9. The molecule has 4 nitrogen and oxygen atoms in total. The second-order valence-corrected chi connectivity index (χ2v) is 7.05. The lowest BCUT2D eigenvalue weighted by atomic mass is 9.70. The number of Topliss-reactive ketones (excluding diaryl/α,β-unsaturated/α-hetero) is 1. The molecule has 0 radical (unpaired) electrons. The summed E-state index contributed by atoms with van der Waals surface area (Å²) >= 11 is 0. The molecule has 0 amide bonds. The highest BCUT2D eigenvalue weighted by molar-refractivity contribution is 5.85. The lowest BCUT2D eigenvalue weighted by molar-refractivity contribution is -0.133. The van der Waals surface area contributed by atoms with Gasteiger partial charge in [0.1, 0.15) is 11.5 Å². The molecule has 0 bridgehead atoms. The fourth-order valence-corrected chi connectivity index (χ4v) is 3.74. The van der Waals surface area contributed by atoms with Crippen molar-refractivity contribution in [1.29, 1.82) is 0 Å². The van der Waals surface area contributed by atoms with Crippen molar-refractivity contribution < 1.29 is 14.6 Å². The Morgan fingerprint density at radius 3 is 2.62 bits per heavy atom. The van der Waals surface area contributed by atoms with Crippen molar-refractivity contribution in [3.63, 3.8) is 0 Å². The van der Waals surface area contributed by atoms with Gasteiger partial charge in [0.2, 0.25) is 0 Å². The number of hydrogen-bond acceptors (Lipinski definition) is 4. The van der Waals surface area contributed by atoms with Gasteiger partial charge in [0.25, 0.3) is 0 Å². The minimum atomic E-state index is -0.952. The van der Waals surface area contributed by atoms with Gasteiger partial charge in [-0.2, -0.15) is 0 Å². The van der Waals surface area contributed by atoms with Crippen LogP contribution < -0.4 is 4.74 Å². The Morgan fingerprint density at radius 2 is 1.92 bits per heavy atom. The predicted molar refractivity (Wildman–Crippen MR) is 95.3 cm³/mol. The Morgan fingerprint density at radius 1 is 1.21 bits per heavy atom. The van der Waals surface area contributed by atoms with Gasteiger partial charge in [0.15, 0.2) is 0 Å². The molecule has 1 aliphatic carbocycles. The van der Waals surface area contributed by atoms with Gasteiger partial charge in [-0.3, -0.25) is 4.79 Å². The number of carbonyl (C=O) groups is 1. The van der Waals surface area contributed by atoms with Crippen LogP contribution in [0.25, 0.3) is 10.8 Å². The number of nitrogens with zero attached hydrogens (tertiary/aromatic N) is 1. The van der Waals surface area contributed by atoms with Crippen molar-refractivity contribution in [3.8, 4) is 5.75 Å². The van der Waals surface area contributed by atoms with Crippen molar-refractivity contribution in [2.45, 2.75) is 24.9 Å². The van der Waals surface area contributed by atoms with Crippen LogP contribution in [0.3, 0.4) is 0 Å². The van der Waals surface area contributed by atoms with Gasteiger partial charge < -0.3 is 14.7 Å². The Kier molecular flexibility index (Phi) is 4.61. The van der Waals surface area contributed by atoms with Crippen molar-refractivity contribution in [2.24, 2.45) is 5.92 Å². The maximum atomic E-state index is 11.9. The lowest BCUT2D eigenvalue weighted by Crippen LogP contribution is -2.45. The average Bonchev–Trinajstić information content (AvgIpc) is 2.57. The third kappa shape index (κ3) is 3.17. The van der Waals surface area contributed by atoms with E-state index >= 15 is 0 Å². The Hall–Kier alpha value is -1.91. The Bertz CT molecular complexity index is 756. The summed E-state index contributed by atoms with van der Waals surface area (Å²) in [5.41, 5.74) is -0.0498. The molecule has 0 heterocycles. The van der Waals surface area contributed by atoms with Gasteiger partial charge >= 0.3 is 0 Å². The summed E-state index contributed by atoms with van der Waals surface area (Å²) < 4.78 is 5.27. The first kappa shape index (κ1) is 16.9. The Balaban J connectivity index is 2.00. The van der Waals surface area contributed by atoms with Crippen LogP contribution in [0.5, 0.6) is 5.75 Å². The zero-order valence-corrected chi connectivity index (χ0v) is 14.6. The van der Waals surface area contributed by atoms with Crippen LogP contribution in [0.1, 0.15) is 24.8 Å². The number of hydrogen-bond donors (Lipinski definition) is 1. The van der Waals surface area contributed by atoms with E-state index in [1.54, 1.807) is 7.11 Å². The van der Waals surface area contributed by atoms with Crippen LogP contribution in [0.15, 0.2) is 36.4 Å². The molecule has 4 heteroatoms. The third-order valence-electron chi connectivity index (χ3n) is 5.07. The van der Waals surface area contributed by atoms with Crippen molar-refractivity contribution in [1.82, 2.24) is 4.90 Å². The second-order valence-electron chi connectivity index (χ2n) is 7.05. The van der Waals surface area contributed by atoms with E-state index in [0.717, 1.165) is 22.1 Å². The first-order valence-corrected chi connectivity index (χ1v) is 8.39. The molecule has 2 unspecified atom stereocenters. The quantitative estimate of drug-likeness (QED) is 0.938. The highest BCUT2D eigenvalue weighted by atomic mass is 16.5. The van der Waals surface area contributed by atoms with E-state index in [2.05, 4.69) is 0 Å². The average molecular weight is 327 g/mol. The number of ketones is 1. The highest BCUT2D eigenvalue weighted by Gasteiger charge is 2.43. The monoisotopic (exact) mass is 327 g/mol. The fourth-order valence-electron chi connectivity index (χ4n) is 3.74. The molecule has 2 aromatic rings. The summed E-state index contributed by atoms with van der Waals surface area (Å²) in [6.07, 6.45) is 1.38. The minimum Gasteiger partial charge on any atom is -0.497 e.